The highest BCUT2D eigenvalue weighted by atomic mass is 16.6. The van der Waals surface area contributed by atoms with E-state index in [1.165, 1.54) is 0 Å². The SMILES string of the molecule is Cc1nc2cc(NC(C)CNC(=O)OC(C)(C)C)ccc2o1. The highest BCUT2D eigenvalue weighted by Crippen LogP contribution is 2.20. The van der Waals surface area contributed by atoms with E-state index in [1.807, 2.05) is 52.8 Å². The van der Waals surface area contributed by atoms with Gasteiger partial charge in [0.1, 0.15) is 11.1 Å². The second-order valence-electron chi connectivity index (χ2n) is 6.34. The zero-order valence-corrected chi connectivity index (χ0v) is 13.7. The van der Waals surface area contributed by atoms with Crippen molar-refractivity contribution in [2.45, 2.75) is 46.3 Å². The molecule has 0 fully saturated rings. The number of fused-ring (bicyclic) bond motifs is 1. The van der Waals surface area contributed by atoms with Gasteiger partial charge in [0, 0.05) is 25.2 Å². The minimum Gasteiger partial charge on any atom is -0.444 e. The van der Waals surface area contributed by atoms with Crippen LogP contribution in [0.2, 0.25) is 0 Å². The molecule has 1 aromatic heterocycles. The third-order valence-corrected chi connectivity index (χ3v) is 2.86. The molecule has 22 heavy (non-hydrogen) atoms. The van der Waals surface area contributed by atoms with Crippen LogP contribution >= 0.6 is 0 Å². The fraction of sp³-hybridized carbons (Fsp3) is 0.500. The number of amides is 1. The molecular weight excluding hydrogens is 282 g/mol. The summed E-state index contributed by atoms with van der Waals surface area (Å²) >= 11 is 0. The first-order valence-electron chi connectivity index (χ1n) is 7.33. The van der Waals surface area contributed by atoms with Crippen LogP contribution < -0.4 is 10.6 Å². The van der Waals surface area contributed by atoms with E-state index in [9.17, 15) is 4.79 Å². The first-order chi connectivity index (χ1) is 10.2. The topological polar surface area (TPSA) is 76.4 Å². The summed E-state index contributed by atoms with van der Waals surface area (Å²) in [5.74, 6) is 0.645. The quantitative estimate of drug-likeness (QED) is 0.904. The lowest BCUT2D eigenvalue weighted by molar-refractivity contribution is 0.0526. The van der Waals surface area contributed by atoms with Gasteiger partial charge in [-0.25, -0.2) is 9.78 Å². The Morgan fingerprint density at radius 3 is 2.82 bits per heavy atom. The first kappa shape index (κ1) is 16.1. The number of nitrogens with one attached hydrogen (secondary N) is 2. The summed E-state index contributed by atoms with van der Waals surface area (Å²) in [5, 5.41) is 6.05. The lowest BCUT2D eigenvalue weighted by atomic mass is 10.2. The molecule has 2 aromatic rings. The number of oxazole rings is 1. The van der Waals surface area contributed by atoms with Crippen molar-refractivity contribution in [2.75, 3.05) is 11.9 Å². The van der Waals surface area contributed by atoms with Crippen molar-refractivity contribution >= 4 is 22.9 Å². The minimum absolute atomic E-state index is 0.0537. The number of benzene rings is 1. The van der Waals surface area contributed by atoms with Crippen LogP contribution in [0.4, 0.5) is 10.5 Å². The molecule has 1 unspecified atom stereocenters. The van der Waals surface area contributed by atoms with E-state index >= 15 is 0 Å². The number of hydrogen-bond acceptors (Lipinski definition) is 5. The highest BCUT2D eigenvalue weighted by Gasteiger charge is 2.16. The second kappa shape index (κ2) is 6.25. The van der Waals surface area contributed by atoms with Crippen LogP contribution in [0, 0.1) is 6.92 Å². The normalized spacial score (nSPS) is 13.0. The average molecular weight is 305 g/mol. The predicted molar refractivity (Wildman–Crippen MR) is 86.1 cm³/mol. The van der Waals surface area contributed by atoms with E-state index in [0.717, 1.165) is 16.8 Å². The molecule has 2 rings (SSSR count). The first-order valence-corrected chi connectivity index (χ1v) is 7.33. The molecule has 1 aromatic carbocycles. The van der Waals surface area contributed by atoms with E-state index in [2.05, 4.69) is 15.6 Å². The van der Waals surface area contributed by atoms with Crippen molar-refractivity contribution in [3.05, 3.63) is 24.1 Å². The van der Waals surface area contributed by atoms with Gasteiger partial charge in [0.25, 0.3) is 0 Å². The van der Waals surface area contributed by atoms with E-state index in [4.69, 9.17) is 9.15 Å². The number of ether oxygens (including phenoxy) is 1. The van der Waals surface area contributed by atoms with Crippen LogP contribution in [0.5, 0.6) is 0 Å². The van der Waals surface area contributed by atoms with Crippen molar-refractivity contribution in [2.24, 2.45) is 0 Å². The molecule has 0 aliphatic heterocycles. The zero-order valence-electron chi connectivity index (χ0n) is 13.7. The Bertz CT molecular complexity index is 658. The summed E-state index contributed by atoms with van der Waals surface area (Å²) in [4.78, 5) is 15.9. The molecule has 120 valence electrons. The second-order valence-corrected chi connectivity index (χ2v) is 6.34. The van der Waals surface area contributed by atoms with Crippen LogP contribution in [0.25, 0.3) is 11.1 Å². The third kappa shape index (κ3) is 4.65. The Balaban J connectivity index is 1.87. The molecule has 0 aliphatic carbocycles. The molecule has 0 aliphatic rings. The number of rotatable bonds is 4. The van der Waals surface area contributed by atoms with E-state index in [-0.39, 0.29) is 6.04 Å². The maximum absolute atomic E-state index is 11.6. The summed E-state index contributed by atoms with van der Waals surface area (Å²) in [7, 11) is 0. The number of carbonyl (C=O) groups excluding carboxylic acids is 1. The summed E-state index contributed by atoms with van der Waals surface area (Å²) in [6.45, 7) is 9.77. The van der Waals surface area contributed by atoms with Crippen molar-refractivity contribution in [1.29, 1.82) is 0 Å². The molecule has 0 saturated heterocycles. The molecule has 0 bridgehead atoms. The summed E-state index contributed by atoms with van der Waals surface area (Å²) in [6, 6.07) is 5.79. The number of anilines is 1. The van der Waals surface area contributed by atoms with Crippen LogP contribution in [-0.2, 0) is 4.74 Å². The summed E-state index contributed by atoms with van der Waals surface area (Å²) in [5.41, 5.74) is 2.02. The van der Waals surface area contributed by atoms with Gasteiger partial charge in [-0.1, -0.05) is 0 Å². The highest BCUT2D eigenvalue weighted by molar-refractivity contribution is 5.77. The van der Waals surface area contributed by atoms with E-state index < -0.39 is 11.7 Å². The monoisotopic (exact) mass is 305 g/mol. The molecule has 0 saturated carbocycles. The molecule has 2 N–H and O–H groups in total. The van der Waals surface area contributed by atoms with Crippen molar-refractivity contribution in [3.8, 4) is 0 Å². The largest absolute Gasteiger partial charge is 0.444 e. The molecular formula is C16H23N3O3. The molecule has 6 nitrogen and oxygen atoms in total. The molecule has 6 heteroatoms. The number of alkyl carbamates (subject to hydrolysis) is 1. The Hall–Kier alpha value is -2.24. The Morgan fingerprint density at radius 1 is 1.41 bits per heavy atom. The Morgan fingerprint density at radius 2 is 2.14 bits per heavy atom. The third-order valence-electron chi connectivity index (χ3n) is 2.86. The predicted octanol–water partition coefficient (Wildman–Crippen LogP) is 3.46. The van der Waals surface area contributed by atoms with Gasteiger partial charge in [0.15, 0.2) is 11.5 Å². The fourth-order valence-corrected chi connectivity index (χ4v) is 2.02. The smallest absolute Gasteiger partial charge is 0.407 e. The molecule has 1 amide bonds. The molecule has 0 spiro atoms. The molecule has 0 radical (unpaired) electrons. The van der Waals surface area contributed by atoms with Crippen LogP contribution in [-0.4, -0.2) is 29.3 Å². The standard InChI is InChI=1S/C16H23N3O3/c1-10(9-17-15(20)22-16(3,4)5)18-12-6-7-14-13(8-12)19-11(2)21-14/h6-8,10,18H,9H2,1-5H3,(H,17,20). The van der Waals surface area contributed by atoms with Crippen LogP contribution in [0.15, 0.2) is 22.6 Å². The number of carbonyl (C=O) groups is 1. The number of aromatic nitrogens is 1. The van der Waals surface area contributed by atoms with Gasteiger partial charge in [0.05, 0.1) is 0 Å². The number of aryl methyl sites for hydroxylation is 1. The van der Waals surface area contributed by atoms with Gasteiger partial charge in [-0.3, -0.25) is 0 Å². The fourth-order valence-electron chi connectivity index (χ4n) is 2.02. The maximum atomic E-state index is 11.6. The van der Waals surface area contributed by atoms with Gasteiger partial charge in [0.2, 0.25) is 0 Å². The van der Waals surface area contributed by atoms with Gasteiger partial charge in [-0.05, 0) is 45.9 Å². The Labute approximate surface area is 130 Å². The van der Waals surface area contributed by atoms with Crippen LogP contribution in [0.1, 0.15) is 33.6 Å². The Kier molecular flexibility index (Phi) is 4.59. The van der Waals surface area contributed by atoms with E-state index in [1.54, 1.807) is 0 Å². The summed E-state index contributed by atoms with van der Waals surface area (Å²) < 4.78 is 10.6. The maximum Gasteiger partial charge on any atom is 0.407 e. The lowest BCUT2D eigenvalue weighted by Gasteiger charge is -2.21. The molecule has 1 atom stereocenters. The zero-order chi connectivity index (χ0) is 16.3. The lowest BCUT2D eigenvalue weighted by Crippen LogP contribution is -2.38. The van der Waals surface area contributed by atoms with Crippen molar-refractivity contribution in [1.82, 2.24) is 10.3 Å². The minimum atomic E-state index is -0.489. The molecule has 1 heterocycles. The number of hydrogen-bond donors (Lipinski definition) is 2. The van der Waals surface area contributed by atoms with Crippen molar-refractivity contribution in [3.63, 3.8) is 0 Å². The van der Waals surface area contributed by atoms with Crippen LogP contribution in [0.3, 0.4) is 0 Å². The van der Waals surface area contributed by atoms with Gasteiger partial charge in [-0.15, -0.1) is 0 Å². The van der Waals surface area contributed by atoms with Gasteiger partial charge in [-0.2, -0.15) is 0 Å². The van der Waals surface area contributed by atoms with Gasteiger partial charge >= 0.3 is 6.09 Å². The number of nitrogens with zero attached hydrogens (tertiary/aromatic N) is 1. The average Bonchev–Trinajstić information content (AvgIpc) is 2.74. The van der Waals surface area contributed by atoms with E-state index in [0.29, 0.717) is 12.4 Å². The van der Waals surface area contributed by atoms with Crippen molar-refractivity contribution < 1.29 is 13.9 Å². The van der Waals surface area contributed by atoms with Gasteiger partial charge < -0.3 is 19.8 Å². The summed E-state index contributed by atoms with van der Waals surface area (Å²) in [6.07, 6.45) is -0.413.